The largest absolute Gasteiger partial charge is 0.466 e. The molecule has 25 heavy (non-hydrogen) atoms. The molecule has 1 fully saturated rings. The first-order chi connectivity index (χ1) is 12.0. The Bertz CT molecular complexity index is 621. The summed E-state index contributed by atoms with van der Waals surface area (Å²) < 4.78 is 23.1. The van der Waals surface area contributed by atoms with Crippen molar-refractivity contribution in [3.8, 4) is 0 Å². The van der Waals surface area contributed by atoms with Crippen LogP contribution >= 0.6 is 11.6 Å². The van der Waals surface area contributed by atoms with Crippen LogP contribution in [-0.2, 0) is 29.9 Å². The molecule has 7 heteroatoms. The number of carbonyl (C=O) groups excluding carboxylic acids is 2. The molecule has 0 unspecified atom stereocenters. The highest BCUT2D eigenvalue weighted by atomic mass is 35.5. The van der Waals surface area contributed by atoms with E-state index in [2.05, 4.69) is 0 Å². The van der Waals surface area contributed by atoms with Gasteiger partial charge in [0.05, 0.1) is 41.1 Å². The molecule has 1 aliphatic rings. The fourth-order valence-corrected chi connectivity index (χ4v) is 5.20. The van der Waals surface area contributed by atoms with E-state index in [0.717, 1.165) is 0 Å². The quantitative estimate of drug-likeness (QED) is 0.555. The van der Waals surface area contributed by atoms with Gasteiger partial charge in [0.25, 0.3) is 0 Å². The maximum absolute atomic E-state index is 12.9. The van der Waals surface area contributed by atoms with Gasteiger partial charge in [0.1, 0.15) is 0 Å². The Morgan fingerprint density at radius 1 is 1.04 bits per heavy atom. The molecule has 138 valence electrons. The van der Waals surface area contributed by atoms with E-state index in [-0.39, 0.29) is 26.1 Å². The number of benzene rings is 1. The van der Waals surface area contributed by atoms with Crippen LogP contribution in [0.15, 0.2) is 35.2 Å². The third-order valence-corrected chi connectivity index (χ3v) is 6.72. The number of hydrogen-bond acceptors (Lipinski definition) is 5. The smallest absolute Gasteiger partial charge is 0.309 e. The molecule has 0 amide bonds. The van der Waals surface area contributed by atoms with Gasteiger partial charge < -0.3 is 9.47 Å². The summed E-state index contributed by atoms with van der Waals surface area (Å²) >= 11 is 6.46. The highest BCUT2D eigenvalue weighted by Gasteiger charge is 2.46. The van der Waals surface area contributed by atoms with Gasteiger partial charge in [-0.1, -0.05) is 18.2 Å². The van der Waals surface area contributed by atoms with Crippen molar-refractivity contribution in [1.29, 1.82) is 0 Å². The van der Waals surface area contributed by atoms with E-state index in [0.29, 0.717) is 4.90 Å². The van der Waals surface area contributed by atoms with Gasteiger partial charge in [0, 0.05) is 10.3 Å². The molecule has 0 bridgehead atoms. The Morgan fingerprint density at radius 3 is 2.08 bits per heavy atom. The lowest BCUT2D eigenvalue weighted by Gasteiger charge is -2.36. The monoisotopic (exact) mass is 386 g/mol. The van der Waals surface area contributed by atoms with Crippen LogP contribution in [0, 0.1) is 11.8 Å². The van der Waals surface area contributed by atoms with Crippen LogP contribution in [0.1, 0.15) is 26.7 Å². The summed E-state index contributed by atoms with van der Waals surface area (Å²) in [5.74, 6) is -2.26. The lowest BCUT2D eigenvalue weighted by molar-refractivity contribution is -0.162. The van der Waals surface area contributed by atoms with Gasteiger partial charge in [-0.05, 0) is 38.8 Å². The van der Waals surface area contributed by atoms with E-state index in [1.54, 1.807) is 26.0 Å². The van der Waals surface area contributed by atoms with Crippen LogP contribution in [0.4, 0.5) is 0 Å². The zero-order chi connectivity index (χ0) is 18.4. The van der Waals surface area contributed by atoms with Gasteiger partial charge in [-0.15, -0.1) is 11.6 Å². The Kier molecular flexibility index (Phi) is 7.44. The van der Waals surface area contributed by atoms with Gasteiger partial charge in [-0.25, -0.2) is 0 Å². The van der Waals surface area contributed by atoms with Gasteiger partial charge in [0.2, 0.25) is 0 Å². The number of alkyl halides is 1. The lowest BCUT2D eigenvalue weighted by Crippen LogP contribution is -2.45. The van der Waals surface area contributed by atoms with E-state index < -0.39 is 45.2 Å². The van der Waals surface area contributed by atoms with E-state index in [1.807, 2.05) is 18.2 Å². The maximum atomic E-state index is 12.9. The van der Waals surface area contributed by atoms with E-state index >= 15 is 0 Å². The average molecular weight is 387 g/mol. The minimum absolute atomic E-state index is 0.224. The zero-order valence-electron chi connectivity index (χ0n) is 14.4. The van der Waals surface area contributed by atoms with Crippen LogP contribution in [0.5, 0.6) is 0 Å². The summed E-state index contributed by atoms with van der Waals surface area (Å²) in [7, 11) is -1.36. The molecule has 0 spiro atoms. The molecule has 0 heterocycles. The van der Waals surface area contributed by atoms with Crippen molar-refractivity contribution in [2.24, 2.45) is 11.8 Å². The van der Waals surface area contributed by atoms with Crippen LogP contribution in [0.3, 0.4) is 0 Å². The first-order valence-corrected chi connectivity index (χ1v) is 10.1. The Hall–Kier alpha value is -1.40. The minimum atomic E-state index is -1.36. The van der Waals surface area contributed by atoms with Gasteiger partial charge in [-0.2, -0.15) is 0 Å². The molecule has 1 aliphatic carbocycles. The summed E-state index contributed by atoms with van der Waals surface area (Å²) in [6.45, 7) is 3.88. The van der Waals surface area contributed by atoms with Crippen molar-refractivity contribution in [3.05, 3.63) is 30.3 Å². The number of carbonyl (C=O) groups is 2. The number of esters is 2. The van der Waals surface area contributed by atoms with Gasteiger partial charge >= 0.3 is 11.9 Å². The molecule has 0 saturated heterocycles. The Balaban J connectivity index is 2.24. The molecule has 1 aromatic carbocycles. The standard InChI is InChI=1S/C18H23ClO5S/c1-3-23-17(20)13-10-15(19)16(11-14(13)18(21)24-4-2)25(22)12-8-6-5-7-9-12/h5-9,13-16H,3-4,10-11H2,1-2H3/t13-,14+,15+,16-,25-/m1/s1. The molecule has 0 aliphatic heterocycles. The van der Waals surface area contributed by atoms with Crippen molar-refractivity contribution in [2.45, 2.75) is 42.2 Å². The van der Waals surface area contributed by atoms with Crippen molar-refractivity contribution in [1.82, 2.24) is 0 Å². The third-order valence-electron chi connectivity index (χ3n) is 4.28. The molecule has 0 radical (unpaired) electrons. The number of rotatable bonds is 6. The van der Waals surface area contributed by atoms with Gasteiger partial charge in [0.15, 0.2) is 0 Å². The predicted octanol–water partition coefficient (Wildman–Crippen LogP) is 2.92. The fraction of sp³-hybridized carbons (Fsp3) is 0.556. The average Bonchev–Trinajstić information content (AvgIpc) is 2.62. The highest BCUT2D eigenvalue weighted by molar-refractivity contribution is 7.85. The SMILES string of the molecule is CCOC(=O)[C@H]1C[C@@H]([S@](=O)c2ccccc2)[C@@H](Cl)C[C@H]1C(=O)OCC. The second kappa shape index (κ2) is 9.34. The first-order valence-electron chi connectivity index (χ1n) is 8.42. The van der Waals surface area contributed by atoms with Crippen molar-refractivity contribution in [3.63, 3.8) is 0 Å². The molecular weight excluding hydrogens is 364 g/mol. The highest BCUT2D eigenvalue weighted by Crippen LogP contribution is 2.38. The number of hydrogen-bond donors (Lipinski definition) is 0. The normalized spacial score (nSPS) is 27.3. The second-order valence-corrected chi connectivity index (χ2v) is 8.09. The van der Waals surface area contributed by atoms with Crippen LogP contribution < -0.4 is 0 Å². The summed E-state index contributed by atoms with van der Waals surface area (Å²) in [4.78, 5) is 25.3. The summed E-state index contributed by atoms with van der Waals surface area (Å²) in [5, 5.41) is -0.912. The van der Waals surface area contributed by atoms with Crippen LogP contribution in [-0.4, -0.2) is 40.0 Å². The molecular formula is C18H23ClO5S. The summed E-state index contributed by atoms with van der Waals surface area (Å²) in [6.07, 6.45) is 0.477. The van der Waals surface area contributed by atoms with Crippen molar-refractivity contribution in [2.75, 3.05) is 13.2 Å². The molecule has 1 aromatic rings. The molecule has 5 nitrogen and oxygen atoms in total. The summed E-state index contributed by atoms with van der Waals surface area (Å²) in [6, 6.07) is 9.01. The fourth-order valence-electron chi connectivity index (χ4n) is 3.09. The number of halogens is 1. The van der Waals surface area contributed by atoms with Crippen molar-refractivity contribution >= 4 is 34.3 Å². The van der Waals surface area contributed by atoms with E-state index in [1.165, 1.54) is 0 Å². The molecule has 0 aromatic heterocycles. The molecule has 5 atom stereocenters. The second-order valence-electron chi connectivity index (χ2n) is 5.85. The Labute approximate surface area is 155 Å². The van der Waals surface area contributed by atoms with E-state index in [4.69, 9.17) is 21.1 Å². The zero-order valence-corrected chi connectivity index (χ0v) is 15.9. The molecule has 1 saturated carbocycles. The lowest BCUT2D eigenvalue weighted by atomic mass is 9.78. The minimum Gasteiger partial charge on any atom is -0.466 e. The molecule has 2 rings (SSSR count). The Morgan fingerprint density at radius 2 is 1.56 bits per heavy atom. The third kappa shape index (κ3) is 4.82. The first kappa shape index (κ1) is 19.9. The number of ether oxygens (including phenoxy) is 2. The topological polar surface area (TPSA) is 69.7 Å². The van der Waals surface area contributed by atoms with Gasteiger partial charge in [-0.3, -0.25) is 13.8 Å². The van der Waals surface area contributed by atoms with Crippen LogP contribution in [0.25, 0.3) is 0 Å². The molecule has 0 N–H and O–H groups in total. The maximum Gasteiger partial charge on any atom is 0.309 e. The van der Waals surface area contributed by atoms with E-state index in [9.17, 15) is 13.8 Å². The van der Waals surface area contributed by atoms with Crippen LogP contribution in [0.2, 0.25) is 0 Å². The van der Waals surface area contributed by atoms with Crippen molar-refractivity contribution < 1.29 is 23.3 Å². The predicted molar refractivity (Wildman–Crippen MR) is 95.8 cm³/mol. The summed E-state index contributed by atoms with van der Waals surface area (Å²) in [5.41, 5.74) is 0.